The lowest BCUT2D eigenvalue weighted by Gasteiger charge is -2.04. The van der Waals surface area contributed by atoms with Crippen molar-refractivity contribution >= 4 is 28.3 Å². The number of imidazole rings is 1. The molecular formula is C18H17N9. The number of hydrogen-bond acceptors (Lipinski definition) is 6. The van der Waals surface area contributed by atoms with E-state index in [1.54, 1.807) is 21.6 Å². The van der Waals surface area contributed by atoms with Gasteiger partial charge in [0.1, 0.15) is 11.3 Å². The molecule has 0 radical (unpaired) electrons. The average molecular weight is 359 g/mol. The third-order valence-electron chi connectivity index (χ3n) is 4.59. The Morgan fingerprint density at radius 3 is 2.74 bits per heavy atom. The predicted molar refractivity (Wildman–Crippen MR) is 102 cm³/mol. The van der Waals surface area contributed by atoms with E-state index in [2.05, 4.69) is 25.5 Å². The Hall–Kier alpha value is -3.75. The van der Waals surface area contributed by atoms with Crippen LogP contribution in [0.3, 0.4) is 0 Å². The third kappa shape index (κ3) is 2.51. The van der Waals surface area contributed by atoms with Gasteiger partial charge in [0.25, 0.3) is 0 Å². The van der Waals surface area contributed by atoms with Crippen LogP contribution in [0.2, 0.25) is 0 Å². The van der Waals surface area contributed by atoms with Gasteiger partial charge < -0.3 is 9.88 Å². The quantitative estimate of drug-likeness (QED) is 0.532. The van der Waals surface area contributed by atoms with Crippen molar-refractivity contribution < 1.29 is 0 Å². The van der Waals surface area contributed by atoms with Crippen molar-refractivity contribution in [2.75, 3.05) is 5.32 Å². The van der Waals surface area contributed by atoms with Crippen LogP contribution in [0.15, 0.2) is 43.0 Å². The van der Waals surface area contributed by atoms with Crippen molar-refractivity contribution in [1.29, 1.82) is 0 Å². The Morgan fingerprint density at radius 1 is 1.04 bits per heavy atom. The van der Waals surface area contributed by atoms with E-state index in [9.17, 15) is 0 Å². The van der Waals surface area contributed by atoms with E-state index in [0.717, 1.165) is 39.4 Å². The molecule has 0 bridgehead atoms. The van der Waals surface area contributed by atoms with Crippen LogP contribution in [-0.2, 0) is 14.1 Å². The molecule has 0 spiro atoms. The lowest BCUT2D eigenvalue weighted by molar-refractivity contribution is 0.768. The third-order valence-corrected chi connectivity index (χ3v) is 4.59. The molecule has 5 rings (SSSR count). The maximum atomic E-state index is 4.79. The van der Waals surface area contributed by atoms with Crippen molar-refractivity contribution in [2.24, 2.45) is 14.1 Å². The number of pyridine rings is 1. The molecule has 0 aromatic carbocycles. The van der Waals surface area contributed by atoms with Crippen LogP contribution < -0.4 is 5.32 Å². The van der Waals surface area contributed by atoms with Gasteiger partial charge >= 0.3 is 0 Å². The zero-order valence-electron chi connectivity index (χ0n) is 15.1. The van der Waals surface area contributed by atoms with Gasteiger partial charge in [0.2, 0.25) is 5.95 Å². The van der Waals surface area contributed by atoms with Crippen molar-refractivity contribution in [1.82, 2.24) is 38.9 Å². The first-order chi connectivity index (χ1) is 13.1. The number of anilines is 2. The SMILES string of the molecule is Cc1nc2ccc(-c3ccn4nc(Nc5cnn(C)c5)ncc34)nc2n1C. The van der Waals surface area contributed by atoms with Gasteiger partial charge in [-0.3, -0.25) is 4.68 Å². The van der Waals surface area contributed by atoms with Crippen molar-refractivity contribution in [2.45, 2.75) is 6.92 Å². The van der Waals surface area contributed by atoms with Gasteiger partial charge in [-0.15, -0.1) is 5.10 Å². The predicted octanol–water partition coefficient (Wildman–Crippen LogP) is 2.46. The number of nitrogens with zero attached hydrogens (tertiary/aromatic N) is 8. The summed E-state index contributed by atoms with van der Waals surface area (Å²) < 4.78 is 5.50. The van der Waals surface area contributed by atoms with Crippen LogP contribution in [0.25, 0.3) is 27.9 Å². The van der Waals surface area contributed by atoms with Crippen LogP contribution in [0.5, 0.6) is 0 Å². The maximum absolute atomic E-state index is 4.79. The molecule has 0 unspecified atom stereocenters. The summed E-state index contributed by atoms with van der Waals surface area (Å²) in [6, 6.07) is 5.97. The maximum Gasteiger partial charge on any atom is 0.245 e. The summed E-state index contributed by atoms with van der Waals surface area (Å²) in [5, 5.41) is 11.8. The van der Waals surface area contributed by atoms with Gasteiger partial charge in [0, 0.05) is 32.1 Å². The minimum absolute atomic E-state index is 0.503. The lowest BCUT2D eigenvalue weighted by Crippen LogP contribution is -2.01. The minimum Gasteiger partial charge on any atom is -0.320 e. The largest absolute Gasteiger partial charge is 0.320 e. The number of hydrogen-bond donors (Lipinski definition) is 1. The molecule has 0 aliphatic rings. The first-order valence-corrected chi connectivity index (χ1v) is 8.49. The summed E-state index contributed by atoms with van der Waals surface area (Å²) in [5.41, 5.74) is 5.32. The summed E-state index contributed by atoms with van der Waals surface area (Å²) in [4.78, 5) is 13.7. The summed E-state index contributed by atoms with van der Waals surface area (Å²) in [5.74, 6) is 1.44. The fourth-order valence-corrected chi connectivity index (χ4v) is 3.12. The molecule has 5 aromatic rings. The number of rotatable bonds is 3. The molecule has 134 valence electrons. The monoisotopic (exact) mass is 359 g/mol. The van der Waals surface area contributed by atoms with Gasteiger partial charge in [-0.1, -0.05) is 0 Å². The smallest absolute Gasteiger partial charge is 0.245 e. The summed E-state index contributed by atoms with van der Waals surface area (Å²) in [6.07, 6.45) is 7.29. The summed E-state index contributed by atoms with van der Waals surface area (Å²) >= 11 is 0. The van der Waals surface area contributed by atoms with E-state index in [4.69, 9.17) is 4.98 Å². The van der Waals surface area contributed by atoms with E-state index in [-0.39, 0.29) is 0 Å². The molecule has 0 fully saturated rings. The van der Waals surface area contributed by atoms with Crippen LogP contribution in [0, 0.1) is 6.92 Å². The Labute approximate surface area is 154 Å². The summed E-state index contributed by atoms with van der Waals surface area (Å²) in [6.45, 7) is 1.97. The highest BCUT2D eigenvalue weighted by atomic mass is 15.3. The molecular weight excluding hydrogens is 342 g/mol. The lowest BCUT2D eigenvalue weighted by atomic mass is 10.2. The first kappa shape index (κ1) is 15.5. The first-order valence-electron chi connectivity index (χ1n) is 8.49. The molecule has 9 nitrogen and oxygen atoms in total. The highest BCUT2D eigenvalue weighted by Gasteiger charge is 2.12. The molecule has 0 saturated heterocycles. The number of aromatic nitrogens is 8. The van der Waals surface area contributed by atoms with Crippen molar-refractivity contribution in [3.8, 4) is 11.3 Å². The second-order valence-corrected chi connectivity index (χ2v) is 6.43. The Morgan fingerprint density at radius 2 is 1.93 bits per heavy atom. The van der Waals surface area contributed by atoms with Crippen LogP contribution in [-0.4, -0.2) is 38.9 Å². The van der Waals surface area contributed by atoms with Gasteiger partial charge in [0.15, 0.2) is 5.65 Å². The van der Waals surface area contributed by atoms with Crippen LogP contribution >= 0.6 is 0 Å². The molecule has 5 aromatic heterocycles. The van der Waals surface area contributed by atoms with Crippen LogP contribution in [0.1, 0.15) is 5.82 Å². The van der Waals surface area contributed by atoms with E-state index < -0.39 is 0 Å². The topological polar surface area (TPSA) is 90.8 Å². The molecule has 0 aliphatic heterocycles. The molecule has 9 heteroatoms. The van der Waals surface area contributed by atoms with Gasteiger partial charge in [-0.05, 0) is 25.1 Å². The fourth-order valence-electron chi connectivity index (χ4n) is 3.12. The highest BCUT2D eigenvalue weighted by Crippen LogP contribution is 2.26. The Bertz CT molecular complexity index is 1290. The zero-order chi connectivity index (χ0) is 18.5. The number of fused-ring (bicyclic) bond motifs is 2. The number of nitrogens with one attached hydrogen (secondary N) is 1. The van der Waals surface area contributed by atoms with E-state index >= 15 is 0 Å². The fraction of sp³-hybridized carbons (Fsp3) is 0.167. The molecule has 0 amide bonds. The molecule has 1 N–H and O–H groups in total. The molecule has 0 atom stereocenters. The van der Waals surface area contributed by atoms with Gasteiger partial charge in [0.05, 0.1) is 29.3 Å². The standard InChI is InChI=1S/C18H17N9/c1-11-21-15-5-4-14(23-17(15)26(11)3)13-6-7-27-16(13)9-19-18(24-27)22-12-8-20-25(2)10-12/h4-10H,1-3H3,(H,22,24). The highest BCUT2D eigenvalue weighted by molar-refractivity contribution is 5.82. The average Bonchev–Trinajstić information content (AvgIpc) is 3.33. The molecule has 0 saturated carbocycles. The van der Waals surface area contributed by atoms with Gasteiger partial charge in [-0.25, -0.2) is 19.5 Å². The minimum atomic E-state index is 0.503. The number of aryl methyl sites for hydroxylation is 3. The Kier molecular flexibility index (Phi) is 3.23. The second-order valence-electron chi connectivity index (χ2n) is 6.43. The van der Waals surface area contributed by atoms with E-state index in [1.165, 1.54) is 0 Å². The molecule has 0 aliphatic carbocycles. The molecule has 5 heterocycles. The van der Waals surface area contributed by atoms with E-state index in [0.29, 0.717) is 5.95 Å². The summed E-state index contributed by atoms with van der Waals surface area (Å²) in [7, 11) is 3.83. The van der Waals surface area contributed by atoms with Gasteiger partial charge in [-0.2, -0.15) is 5.10 Å². The van der Waals surface area contributed by atoms with Crippen molar-refractivity contribution in [3.05, 3.63) is 48.8 Å². The zero-order valence-corrected chi connectivity index (χ0v) is 15.1. The van der Waals surface area contributed by atoms with E-state index in [1.807, 2.05) is 56.2 Å². The molecule has 27 heavy (non-hydrogen) atoms. The van der Waals surface area contributed by atoms with Crippen LogP contribution in [0.4, 0.5) is 11.6 Å². The Balaban J connectivity index is 1.55. The normalized spacial score (nSPS) is 11.5. The van der Waals surface area contributed by atoms with Crippen molar-refractivity contribution in [3.63, 3.8) is 0 Å². The second kappa shape index (κ2) is 5.63.